The van der Waals surface area contributed by atoms with E-state index in [1.807, 2.05) is 0 Å². The van der Waals surface area contributed by atoms with Crippen LogP contribution in [-0.4, -0.2) is 20.1 Å². The first-order chi connectivity index (χ1) is 5.81. The van der Waals surface area contributed by atoms with Crippen molar-refractivity contribution in [1.82, 2.24) is 0 Å². The maximum Gasteiger partial charge on any atom is 0.265 e. The van der Waals surface area contributed by atoms with Gasteiger partial charge in [0.25, 0.3) is 5.92 Å². The average molecular weight is 233 g/mol. The maximum atomic E-state index is 13.2. The number of halogens is 3. The van der Waals surface area contributed by atoms with E-state index in [4.69, 9.17) is 10.7 Å². The first kappa shape index (κ1) is 11.2. The minimum absolute atomic E-state index is 0.402. The predicted molar refractivity (Wildman–Crippen MR) is 46.5 cm³/mol. The summed E-state index contributed by atoms with van der Waals surface area (Å²) in [6.45, 7) is 0. The van der Waals surface area contributed by atoms with Crippen LogP contribution in [0.2, 0.25) is 0 Å². The van der Waals surface area contributed by atoms with Gasteiger partial charge in [-0.2, -0.15) is 0 Å². The summed E-state index contributed by atoms with van der Waals surface area (Å²) in [5.41, 5.74) is 0. The molecule has 1 aliphatic carbocycles. The molecule has 0 amide bonds. The van der Waals surface area contributed by atoms with Crippen LogP contribution in [-0.2, 0) is 9.05 Å². The molecule has 0 heterocycles. The normalized spacial score (nSPS) is 20.8. The molecule has 2 nitrogen and oxygen atoms in total. The summed E-state index contributed by atoms with van der Waals surface area (Å²) < 4.78 is 47.3. The lowest BCUT2D eigenvalue weighted by molar-refractivity contribution is -0.0327. The Morgan fingerprint density at radius 3 is 2.15 bits per heavy atom. The zero-order valence-corrected chi connectivity index (χ0v) is 8.54. The van der Waals surface area contributed by atoms with Crippen molar-refractivity contribution in [2.24, 2.45) is 5.92 Å². The molecule has 0 aromatic carbocycles. The van der Waals surface area contributed by atoms with E-state index in [1.54, 1.807) is 0 Å². The van der Waals surface area contributed by atoms with E-state index in [9.17, 15) is 17.2 Å². The van der Waals surface area contributed by atoms with E-state index in [-0.39, 0.29) is 0 Å². The molecule has 0 unspecified atom stereocenters. The third-order valence-corrected chi connectivity index (χ3v) is 3.37. The molecule has 1 saturated carbocycles. The molecule has 0 atom stereocenters. The Bertz CT molecular complexity index is 270. The molecule has 0 saturated heterocycles. The molecule has 0 bridgehead atoms. The smallest absolute Gasteiger partial charge is 0.212 e. The summed E-state index contributed by atoms with van der Waals surface area (Å²) in [6.07, 6.45) is 2.31. The molecular formula is C7H11ClF2O2S. The lowest BCUT2D eigenvalue weighted by atomic mass is 10.0. The van der Waals surface area contributed by atoms with Crippen LogP contribution in [0.4, 0.5) is 8.78 Å². The first-order valence-electron chi connectivity index (χ1n) is 4.11. The Morgan fingerprint density at radius 1 is 1.31 bits per heavy atom. The minimum atomic E-state index is -4.10. The van der Waals surface area contributed by atoms with Crippen LogP contribution in [0.15, 0.2) is 0 Å². The van der Waals surface area contributed by atoms with Gasteiger partial charge in [0.05, 0.1) is 0 Å². The molecule has 6 heteroatoms. The second kappa shape index (κ2) is 3.69. The zero-order valence-electron chi connectivity index (χ0n) is 6.97. The van der Waals surface area contributed by atoms with Crippen molar-refractivity contribution in [1.29, 1.82) is 0 Å². The lowest BCUT2D eigenvalue weighted by Gasteiger charge is -2.21. The third kappa shape index (κ3) is 3.38. The molecule has 1 rings (SSSR count). The van der Waals surface area contributed by atoms with Crippen molar-refractivity contribution in [3.05, 3.63) is 0 Å². The molecule has 0 aliphatic heterocycles. The van der Waals surface area contributed by atoms with Crippen molar-refractivity contribution in [3.63, 3.8) is 0 Å². The molecule has 0 radical (unpaired) electrons. The van der Waals surface area contributed by atoms with Gasteiger partial charge in [-0.05, 0) is 12.8 Å². The van der Waals surface area contributed by atoms with Crippen LogP contribution in [0.25, 0.3) is 0 Å². The van der Waals surface area contributed by atoms with Crippen molar-refractivity contribution >= 4 is 19.7 Å². The second-order valence-corrected chi connectivity index (χ2v) is 6.20. The van der Waals surface area contributed by atoms with E-state index >= 15 is 0 Å². The van der Waals surface area contributed by atoms with Crippen LogP contribution in [0.3, 0.4) is 0 Å². The highest BCUT2D eigenvalue weighted by atomic mass is 35.7. The molecule has 1 aliphatic rings. The monoisotopic (exact) mass is 232 g/mol. The SMILES string of the molecule is O=S(=O)(Cl)CC(F)(F)C1CCCC1. The Labute approximate surface area is 80.7 Å². The lowest BCUT2D eigenvalue weighted by Crippen LogP contribution is -2.33. The van der Waals surface area contributed by atoms with Gasteiger partial charge in [-0.15, -0.1) is 0 Å². The summed E-state index contributed by atoms with van der Waals surface area (Å²) in [7, 11) is 0.691. The second-order valence-electron chi connectivity index (χ2n) is 3.43. The topological polar surface area (TPSA) is 34.1 Å². The third-order valence-electron chi connectivity index (χ3n) is 2.32. The van der Waals surface area contributed by atoms with Crippen molar-refractivity contribution in [2.45, 2.75) is 31.6 Å². The van der Waals surface area contributed by atoms with E-state index in [0.29, 0.717) is 12.8 Å². The van der Waals surface area contributed by atoms with Gasteiger partial charge in [0.15, 0.2) is 0 Å². The maximum absolute atomic E-state index is 13.2. The van der Waals surface area contributed by atoms with Gasteiger partial charge in [-0.1, -0.05) is 12.8 Å². The molecule has 1 fully saturated rings. The van der Waals surface area contributed by atoms with Gasteiger partial charge >= 0.3 is 0 Å². The highest BCUT2D eigenvalue weighted by Gasteiger charge is 2.44. The average Bonchev–Trinajstić information content (AvgIpc) is 2.29. The minimum Gasteiger partial charge on any atom is -0.212 e. The van der Waals surface area contributed by atoms with Crippen LogP contribution in [0.5, 0.6) is 0 Å². The van der Waals surface area contributed by atoms with Crippen molar-refractivity contribution in [3.8, 4) is 0 Å². The largest absolute Gasteiger partial charge is 0.265 e. The Balaban J connectivity index is 2.64. The summed E-state index contributed by atoms with van der Waals surface area (Å²) in [6, 6.07) is 0. The van der Waals surface area contributed by atoms with Gasteiger partial charge < -0.3 is 0 Å². The van der Waals surface area contributed by atoms with Crippen LogP contribution in [0, 0.1) is 5.92 Å². The summed E-state index contributed by atoms with van der Waals surface area (Å²) >= 11 is 0. The predicted octanol–water partition coefficient (Wildman–Crippen LogP) is 2.38. The number of hydrogen-bond acceptors (Lipinski definition) is 2. The van der Waals surface area contributed by atoms with E-state index in [1.165, 1.54) is 0 Å². The van der Waals surface area contributed by atoms with Gasteiger partial charge in [0.1, 0.15) is 5.75 Å². The van der Waals surface area contributed by atoms with Crippen LogP contribution in [0.1, 0.15) is 25.7 Å². The van der Waals surface area contributed by atoms with E-state index < -0.39 is 26.6 Å². The molecule has 0 aromatic heterocycles. The van der Waals surface area contributed by atoms with Gasteiger partial charge in [-0.3, -0.25) is 0 Å². The van der Waals surface area contributed by atoms with Crippen molar-refractivity contribution < 1.29 is 17.2 Å². The molecule has 0 N–H and O–H groups in total. The highest BCUT2D eigenvalue weighted by Crippen LogP contribution is 2.38. The number of alkyl halides is 2. The van der Waals surface area contributed by atoms with Gasteiger partial charge in [-0.25, -0.2) is 17.2 Å². The number of hydrogen-bond donors (Lipinski definition) is 0. The molecule has 13 heavy (non-hydrogen) atoms. The Morgan fingerprint density at radius 2 is 1.77 bits per heavy atom. The fraction of sp³-hybridized carbons (Fsp3) is 1.00. The van der Waals surface area contributed by atoms with Gasteiger partial charge in [0, 0.05) is 16.6 Å². The zero-order chi connectivity index (χ0) is 10.1. The van der Waals surface area contributed by atoms with E-state index in [0.717, 1.165) is 12.8 Å². The molecule has 0 aromatic rings. The summed E-state index contributed by atoms with van der Waals surface area (Å²) in [5.74, 6) is -5.19. The Hall–Kier alpha value is 0.1000. The van der Waals surface area contributed by atoms with E-state index in [2.05, 4.69) is 0 Å². The molecule has 0 spiro atoms. The van der Waals surface area contributed by atoms with Crippen LogP contribution >= 0.6 is 10.7 Å². The quantitative estimate of drug-likeness (QED) is 0.701. The fourth-order valence-electron chi connectivity index (χ4n) is 1.70. The number of rotatable bonds is 3. The Kier molecular flexibility index (Phi) is 3.17. The van der Waals surface area contributed by atoms with Crippen LogP contribution < -0.4 is 0 Å². The summed E-state index contributed by atoms with van der Waals surface area (Å²) in [4.78, 5) is 0. The first-order valence-corrected chi connectivity index (χ1v) is 6.59. The standard InChI is InChI=1S/C7H11ClF2O2S/c8-13(11,12)5-7(9,10)6-3-1-2-4-6/h6H,1-5H2. The molecular weight excluding hydrogens is 222 g/mol. The summed E-state index contributed by atoms with van der Waals surface area (Å²) in [5, 5.41) is 0. The van der Waals surface area contributed by atoms with Crippen molar-refractivity contribution in [2.75, 3.05) is 5.75 Å². The fourth-order valence-corrected chi connectivity index (χ4v) is 2.83. The molecule has 78 valence electrons. The highest BCUT2D eigenvalue weighted by molar-refractivity contribution is 8.13. The van der Waals surface area contributed by atoms with Gasteiger partial charge in [0.2, 0.25) is 9.05 Å².